The third-order valence-electron chi connectivity index (χ3n) is 4.12. The standard InChI is InChI=1S/C16H23NO4/c1-11(2)16(3,15(19)20)10-14(18)17(4)12-6-8-13(21-5)9-7-12/h6-9,11H,10H2,1-5H3,(H,19,20). The topological polar surface area (TPSA) is 66.8 Å². The van der Waals surface area contributed by atoms with Crippen molar-refractivity contribution < 1.29 is 19.4 Å². The maximum absolute atomic E-state index is 12.4. The zero-order valence-corrected chi connectivity index (χ0v) is 13.2. The van der Waals surface area contributed by atoms with Gasteiger partial charge in [0.1, 0.15) is 5.75 Å². The molecule has 0 bridgehead atoms. The monoisotopic (exact) mass is 293 g/mol. The molecule has 116 valence electrons. The molecule has 0 spiro atoms. The molecule has 1 aromatic carbocycles. The van der Waals surface area contributed by atoms with Gasteiger partial charge in [0.15, 0.2) is 0 Å². The van der Waals surface area contributed by atoms with Crippen LogP contribution in [0.2, 0.25) is 0 Å². The highest BCUT2D eigenvalue weighted by Gasteiger charge is 2.39. The number of carbonyl (C=O) groups is 2. The van der Waals surface area contributed by atoms with Crippen LogP contribution in [0.15, 0.2) is 24.3 Å². The highest BCUT2D eigenvalue weighted by atomic mass is 16.5. The number of benzene rings is 1. The molecule has 0 aliphatic heterocycles. The first kappa shape index (κ1) is 17.0. The van der Waals surface area contributed by atoms with Crippen LogP contribution < -0.4 is 9.64 Å². The predicted molar refractivity (Wildman–Crippen MR) is 81.6 cm³/mol. The summed E-state index contributed by atoms with van der Waals surface area (Å²) < 4.78 is 5.07. The third-order valence-corrected chi connectivity index (χ3v) is 4.12. The fraction of sp³-hybridized carbons (Fsp3) is 0.500. The number of carbonyl (C=O) groups excluding carboxylic acids is 1. The minimum Gasteiger partial charge on any atom is -0.497 e. The normalized spacial score (nSPS) is 13.6. The Balaban J connectivity index is 2.89. The molecule has 0 aliphatic rings. The third kappa shape index (κ3) is 3.74. The van der Waals surface area contributed by atoms with E-state index in [4.69, 9.17) is 4.74 Å². The quantitative estimate of drug-likeness (QED) is 0.875. The van der Waals surface area contributed by atoms with Crippen molar-refractivity contribution in [2.75, 3.05) is 19.1 Å². The summed E-state index contributed by atoms with van der Waals surface area (Å²) in [6.07, 6.45) is -0.0392. The van der Waals surface area contributed by atoms with Crippen molar-refractivity contribution in [1.82, 2.24) is 0 Å². The Morgan fingerprint density at radius 2 is 1.81 bits per heavy atom. The van der Waals surface area contributed by atoms with Gasteiger partial charge in [-0.2, -0.15) is 0 Å². The molecular weight excluding hydrogens is 270 g/mol. The molecule has 0 heterocycles. The smallest absolute Gasteiger partial charge is 0.310 e. The Morgan fingerprint density at radius 3 is 2.19 bits per heavy atom. The van der Waals surface area contributed by atoms with Crippen LogP contribution in [-0.4, -0.2) is 31.1 Å². The van der Waals surface area contributed by atoms with E-state index in [1.165, 1.54) is 4.90 Å². The molecular formula is C16H23NO4. The van der Waals surface area contributed by atoms with Gasteiger partial charge in [0.2, 0.25) is 5.91 Å². The zero-order valence-electron chi connectivity index (χ0n) is 13.2. The fourth-order valence-corrected chi connectivity index (χ4v) is 1.91. The lowest BCUT2D eigenvalue weighted by Gasteiger charge is -2.30. The number of anilines is 1. The van der Waals surface area contributed by atoms with Crippen LogP contribution in [0, 0.1) is 11.3 Å². The average molecular weight is 293 g/mol. The second kappa shape index (κ2) is 6.61. The van der Waals surface area contributed by atoms with Gasteiger partial charge in [-0.25, -0.2) is 0 Å². The summed E-state index contributed by atoms with van der Waals surface area (Å²) in [5, 5.41) is 9.39. The fourth-order valence-electron chi connectivity index (χ4n) is 1.91. The molecule has 1 atom stereocenters. The summed E-state index contributed by atoms with van der Waals surface area (Å²) in [5.74, 6) is -0.604. The number of nitrogens with zero attached hydrogens (tertiary/aromatic N) is 1. The molecule has 21 heavy (non-hydrogen) atoms. The first-order chi connectivity index (χ1) is 9.72. The molecule has 0 radical (unpaired) electrons. The van der Waals surface area contributed by atoms with Crippen LogP contribution in [0.3, 0.4) is 0 Å². The molecule has 0 saturated carbocycles. The van der Waals surface area contributed by atoms with E-state index >= 15 is 0 Å². The number of ether oxygens (including phenoxy) is 1. The Morgan fingerprint density at radius 1 is 1.29 bits per heavy atom. The number of rotatable bonds is 6. The van der Waals surface area contributed by atoms with E-state index in [1.54, 1.807) is 45.3 Å². The van der Waals surface area contributed by atoms with Gasteiger partial charge in [0.25, 0.3) is 0 Å². The highest BCUT2D eigenvalue weighted by Crippen LogP contribution is 2.32. The SMILES string of the molecule is COc1ccc(N(C)C(=O)CC(C)(C(=O)O)C(C)C)cc1. The van der Waals surface area contributed by atoms with Crippen molar-refractivity contribution in [1.29, 1.82) is 0 Å². The van der Waals surface area contributed by atoms with Crippen LogP contribution in [0.1, 0.15) is 27.2 Å². The van der Waals surface area contributed by atoms with E-state index in [0.29, 0.717) is 11.4 Å². The molecule has 5 heteroatoms. The van der Waals surface area contributed by atoms with Gasteiger partial charge in [-0.3, -0.25) is 9.59 Å². The van der Waals surface area contributed by atoms with E-state index in [-0.39, 0.29) is 18.2 Å². The largest absolute Gasteiger partial charge is 0.497 e. The van der Waals surface area contributed by atoms with Gasteiger partial charge < -0.3 is 14.7 Å². The van der Waals surface area contributed by atoms with Gasteiger partial charge in [-0.15, -0.1) is 0 Å². The van der Waals surface area contributed by atoms with Crippen molar-refractivity contribution in [3.05, 3.63) is 24.3 Å². The first-order valence-corrected chi connectivity index (χ1v) is 6.86. The minimum absolute atomic E-state index is 0.0392. The number of aliphatic carboxylic acids is 1. The summed E-state index contributed by atoms with van der Waals surface area (Å²) in [6, 6.07) is 7.06. The van der Waals surface area contributed by atoms with Crippen molar-refractivity contribution in [3.63, 3.8) is 0 Å². The molecule has 1 aromatic rings. The lowest BCUT2D eigenvalue weighted by molar-refractivity contribution is -0.153. The maximum atomic E-state index is 12.4. The summed E-state index contributed by atoms with van der Waals surface area (Å²) in [6.45, 7) is 5.24. The molecule has 0 aliphatic carbocycles. The van der Waals surface area contributed by atoms with Crippen molar-refractivity contribution in [2.45, 2.75) is 27.2 Å². The molecule has 1 unspecified atom stereocenters. The van der Waals surface area contributed by atoms with Crippen LogP contribution >= 0.6 is 0 Å². The van der Waals surface area contributed by atoms with Crippen molar-refractivity contribution in [3.8, 4) is 5.75 Å². The van der Waals surface area contributed by atoms with E-state index in [2.05, 4.69) is 0 Å². The number of hydrogen-bond acceptors (Lipinski definition) is 3. The molecule has 1 N–H and O–H groups in total. The van der Waals surface area contributed by atoms with Gasteiger partial charge in [0, 0.05) is 19.2 Å². The lowest BCUT2D eigenvalue weighted by Crippen LogP contribution is -2.39. The maximum Gasteiger partial charge on any atom is 0.310 e. The van der Waals surface area contributed by atoms with E-state index in [1.807, 2.05) is 13.8 Å². The molecule has 5 nitrogen and oxygen atoms in total. The second-order valence-electron chi connectivity index (χ2n) is 5.70. The Hall–Kier alpha value is -2.04. The number of amides is 1. The summed E-state index contributed by atoms with van der Waals surface area (Å²) in [5.41, 5.74) is -0.366. The molecule has 1 rings (SSSR count). The second-order valence-corrected chi connectivity index (χ2v) is 5.70. The van der Waals surface area contributed by atoms with Gasteiger partial charge in [-0.1, -0.05) is 13.8 Å². The molecule has 0 aromatic heterocycles. The van der Waals surface area contributed by atoms with E-state index in [9.17, 15) is 14.7 Å². The Labute approximate surface area is 125 Å². The summed E-state index contributed by atoms with van der Waals surface area (Å²) in [4.78, 5) is 25.3. The number of hydrogen-bond donors (Lipinski definition) is 1. The van der Waals surface area contributed by atoms with E-state index < -0.39 is 11.4 Å². The van der Waals surface area contributed by atoms with Gasteiger partial charge >= 0.3 is 5.97 Å². The van der Waals surface area contributed by atoms with Crippen LogP contribution in [0.25, 0.3) is 0 Å². The highest BCUT2D eigenvalue weighted by molar-refractivity contribution is 5.95. The first-order valence-electron chi connectivity index (χ1n) is 6.86. The molecule has 0 saturated heterocycles. The van der Waals surface area contributed by atoms with E-state index in [0.717, 1.165) is 0 Å². The minimum atomic E-state index is -1.07. The summed E-state index contributed by atoms with van der Waals surface area (Å²) in [7, 11) is 3.22. The number of carboxylic acid groups (broad SMARTS) is 1. The Kier molecular flexibility index (Phi) is 5.35. The van der Waals surface area contributed by atoms with Crippen LogP contribution in [-0.2, 0) is 9.59 Å². The van der Waals surface area contributed by atoms with Gasteiger partial charge in [-0.05, 0) is 37.1 Å². The van der Waals surface area contributed by atoms with Crippen LogP contribution in [0.5, 0.6) is 5.75 Å². The average Bonchev–Trinajstić information content (AvgIpc) is 2.45. The number of carboxylic acids is 1. The van der Waals surface area contributed by atoms with Crippen molar-refractivity contribution in [2.24, 2.45) is 11.3 Å². The summed E-state index contributed by atoms with van der Waals surface area (Å²) >= 11 is 0. The lowest BCUT2D eigenvalue weighted by atomic mass is 9.76. The number of methoxy groups -OCH3 is 1. The zero-order chi connectivity index (χ0) is 16.2. The predicted octanol–water partition coefficient (Wildman–Crippen LogP) is 2.80. The molecule has 0 fully saturated rings. The Bertz CT molecular complexity index is 510. The van der Waals surface area contributed by atoms with Crippen LogP contribution in [0.4, 0.5) is 5.69 Å². The molecule has 1 amide bonds. The van der Waals surface area contributed by atoms with Gasteiger partial charge in [0.05, 0.1) is 12.5 Å². The van der Waals surface area contributed by atoms with Crippen molar-refractivity contribution >= 4 is 17.6 Å².